The van der Waals surface area contributed by atoms with Crippen molar-refractivity contribution in [3.63, 3.8) is 0 Å². The first-order chi connectivity index (χ1) is 9.82. The van der Waals surface area contributed by atoms with Gasteiger partial charge < -0.3 is 5.73 Å². The number of nitrogens with two attached hydrogens (primary N) is 1. The third kappa shape index (κ3) is 3.20. The summed E-state index contributed by atoms with van der Waals surface area (Å²) in [6.07, 6.45) is 0. The van der Waals surface area contributed by atoms with Crippen LogP contribution in [-0.4, -0.2) is 19.8 Å². The number of rotatable bonds is 4. The van der Waals surface area contributed by atoms with Gasteiger partial charge >= 0.3 is 0 Å². The number of nitrogen functional groups attached to an aromatic ring is 1. The quantitative estimate of drug-likeness (QED) is 0.882. The van der Waals surface area contributed by atoms with E-state index in [0.717, 1.165) is 10.4 Å². The van der Waals surface area contributed by atoms with Gasteiger partial charge in [-0.2, -0.15) is 4.31 Å². The van der Waals surface area contributed by atoms with Gasteiger partial charge in [-0.3, -0.25) is 0 Å². The van der Waals surface area contributed by atoms with E-state index in [2.05, 4.69) is 0 Å². The van der Waals surface area contributed by atoms with E-state index in [9.17, 15) is 17.2 Å². The summed E-state index contributed by atoms with van der Waals surface area (Å²) in [6.45, 7) is 0.0264. The number of sulfonamides is 1. The molecular weight excluding hydrogens is 298 g/mol. The molecule has 7 heteroatoms. The molecule has 0 unspecified atom stereocenters. The number of nitrogens with zero attached hydrogens (tertiary/aromatic N) is 1. The van der Waals surface area contributed by atoms with E-state index in [1.807, 2.05) is 0 Å². The Labute approximate surface area is 121 Å². The Kier molecular flexibility index (Phi) is 4.24. The molecule has 4 nitrogen and oxygen atoms in total. The summed E-state index contributed by atoms with van der Waals surface area (Å²) in [5, 5.41) is 0. The highest BCUT2D eigenvalue weighted by molar-refractivity contribution is 7.89. The molecule has 0 heterocycles. The van der Waals surface area contributed by atoms with E-state index in [-0.39, 0.29) is 11.4 Å². The van der Waals surface area contributed by atoms with E-state index >= 15 is 0 Å². The molecule has 0 radical (unpaired) electrons. The molecule has 0 saturated heterocycles. The smallest absolute Gasteiger partial charge is 0.245 e. The Bertz CT molecular complexity index is 746. The highest BCUT2D eigenvalue weighted by Crippen LogP contribution is 2.24. The predicted molar refractivity (Wildman–Crippen MR) is 75.9 cm³/mol. The van der Waals surface area contributed by atoms with Gasteiger partial charge in [-0.1, -0.05) is 18.2 Å². The van der Waals surface area contributed by atoms with Gasteiger partial charge in [0, 0.05) is 13.6 Å². The zero-order chi connectivity index (χ0) is 15.6. The third-order valence-electron chi connectivity index (χ3n) is 3.02. The fourth-order valence-electron chi connectivity index (χ4n) is 1.84. The number of hydrogen-bond donors (Lipinski definition) is 1. The largest absolute Gasteiger partial charge is 0.395 e. The fraction of sp³-hybridized carbons (Fsp3) is 0.143. The zero-order valence-corrected chi connectivity index (χ0v) is 12.1. The van der Waals surface area contributed by atoms with Crippen molar-refractivity contribution in [2.24, 2.45) is 0 Å². The van der Waals surface area contributed by atoms with Crippen LogP contribution in [0.15, 0.2) is 47.4 Å². The standard InChI is InChI=1S/C14H14F2N2O2S/c1-18(9-10-5-7-11(15)8-6-10)21(19,20)13-4-2-3-12(16)14(13)17/h2-8H,9,17H2,1H3. The summed E-state index contributed by atoms with van der Waals surface area (Å²) in [4.78, 5) is -0.285. The molecule has 0 saturated carbocycles. The molecule has 0 aliphatic rings. The Morgan fingerprint density at radius 1 is 1.10 bits per heavy atom. The molecule has 0 aliphatic carbocycles. The number of benzene rings is 2. The van der Waals surface area contributed by atoms with E-state index in [1.165, 1.54) is 43.4 Å². The van der Waals surface area contributed by atoms with Gasteiger partial charge in [0.25, 0.3) is 0 Å². The first-order valence-corrected chi connectivity index (χ1v) is 7.51. The second-order valence-electron chi connectivity index (χ2n) is 4.54. The Hall–Kier alpha value is -1.99. The molecule has 0 aliphatic heterocycles. The number of halogens is 2. The molecule has 2 aromatic carbocycles. The molecule has 0 atom stereocenters. The normalized spacial score (nSPS) is 11.8. The Morgan fingerprint density at radius 2 is 1.71 bits per heavy atom. The van der Waals surface area contributed by atoms with Crippen LogP contribution in [0.4, 0.5) is 14.5 Å². The summed E-state index contributed by atoms with van der Waals surface area (Å²) in [5.74, 6) is -1.19. The fourth-order valence-corrected chi connectivity index (χ4v) is 3.12. The second kappa shape index (κ2) is 5.79. The molecule has 112 valence electrons. The maximum atomic E-state index is 13.4. The highest BCUT2D eigenvalue weighted by Gasteiger charge is 2.24. The first kappa shape index (κ1) is 15.4. The van der Waals surface area contributed by atoms with Gasteiger partial charge in [0.15, 0.2) is 0 Å². The molecule has 0 aromatic heterocycles. The maximum absolute atomic E-state index is 13.4. The first-order valence-electron chi connectivity index (χ1n) is 6.07. The molecule has 0 bridgehead atoms. The van der Waals surface area contributed by atoms with Crippen LogP contribution in [0.2, 0.25) is 0 Å². The van der Waals surface area contributed by atoms with Crippen LogP contribution in [0, 0.1) is 11.6 Å². The van der Waals surface area contributed by atoms with E-state index < -0.39 is 27.3 Å². The van der Waals surface area contributed by atoms with Crippen molar-refractivity contribution in [3.8, 4) is 0 Å². The molecule has 0 spiro atoms. The lowest BCUT2D eigenvalue weighted by atomic mass is 10.2. The maximum Gasteiger partial charge on any atom is 0.245 e. The van der Waals surface area contributed by atoms with Crippen molar-refractivity contribution < 1.29 is 17.2 Å². The lowest BCUT2D eigenvalue weighted by molar-refractivity contribution is 0.466. The Morgan fingerprint density at radius 3 is 2.33 bits per heavy atom. The van der Waals surface area contributed by atoms with Crippen LogP contribution >= 0.6 is 0 Å². The molecule has 0 fully saturated rings. The van der Waals surface area contributed by atoms with E-state index in [4.69, 9.17) is 5.73 Å². The molecule has 21 heavy (non-hydrogen) atoms. The second-order valence-corrected chi connectivity index (χ2v) is 6.55. The molecule has 2 aromatic rings. The van der Waals surface area contributed by atoms with Crippen molar-refractivity contribution in [1.82, 2.24) is 4.31 Å². The molecule has 2 N–H and O–H groups in total. The van der Waals surface area contributed by atoms with Crippen molar-refractivity contribution in [1.29, 1.82) is 0 Å². The molecule has 0 amide bonds. The average molecular weight is 312 g/mol. The highest BCUT2D eigenvalue weighted by atomic mass is 32.2. The van der Waals surface area contributed by atoms with Crippen LogP contribution in [0.25, 0.3) is 0 Å². The van der Waals surface area contributed by atoms with Crippen molar-refractivity contribution in [2.45, 2.75) is 11.4 Å². The lowest BCUT2D eigenvalue weighted by Crippen LogP contribution is -2.27. The third-order valence-corrected chi connectivity index (χ3v) is 4.88. The summed E-state index contributed by atoms with van der Waals surface area (Å²) in [7, 11) is -2.58. The van der Waals surface area contributed by atoms with E-state index in [0.29, 0.717) is 5.56 Å². The van der Waals surface area contributed by atoms with Gasteiger partial charge in [0.2, 0.25) is 10.0 Å². The number of hydrogen-bond acceptors (Lipinski definition) is 3. The van der Waals surface area contributed by atoms with Crippen LogP contribution in [-0.2, 0) is 16.6 Å². The average Bonchev–Trinajstić information content (AvgIpc) is 2.44. The van der Waals surface area contributed by atoms with Crippen LogP contribution < -0.4 is 5.73 Å². The van der Waals surface area contributed by atoms with Gasteiger partial charge in [0.1, 0.15) is 16.5 Å². The molecular formula is C14H14F2N2O2S. The lowest BCUT2D eigenvalue weighted by Gasteiger charge is -2.18. The minimum atomic E-state index is -3.93. The topological polar surface area (TPSA) is 63.4 Å². The van der Waals surface area contributed by atoms with Crippen LogP contribution in [0.1, 0.15) is 5.56 Å². The predicted octanol–water partition coefficient (Wildman–Crippen LogP) is 2.37. The van der Waals surface area contributed by atoms with Gasteiger partial charge in [-0.05, 0) is 29.8 Å². The number of para-hydroxylation sites is 1. The SMILES string of the molecule is CN(Cc1ccc(F)cc1)S(=O)(=O)c1cccc(F)c1N. The van der Waals surface area contributed by atoms with Crippen LogP contribution in [0.3, 0.4) is 0 Å². The Balaban J connectivity index is 2.30. The zero-order valence-electron chi connectivity index (χ0n) is 11.3. The summed E-state index contributed by atoms with van der Waals surface area (Å²) < 4.78 is 52.0. The summed E-state index contributed by atoms with van der Waals surface area (Å²) >= 11 is 0. The number of anilines is 1. The minimum Gasteiger partial charge on any atom is -0.395 e. The summed E-state index contributed by atoms with van der Waals surface area (Å²) in [5.41, 5.74) is 5.68. The van der Waals surface area contributed by atoms with Crippen molar-refractivity contribution >= 4 is 15.7 Å². The van der Waals surface area contributed by atoms with Gasteiger partial charge in [-0.15, -0.1) is 0 Å². The minimum absolute atomic E-state index is 0.0264. The molecule has 2 rings (SSSR count). The summed E-state index contributed by atoms with van der Waals surface area (Å²) in [6, 6.07) is 9.07. The van der Waals surface area contributed by atoms with Crippen molar-refractivity contribution in [2.75, 3.05) is 12.8 Å². The van der Waals surface area contributed by atoms with Gasteiger partial charge in [0.05, 0.1) is 5.69 Å². The van der Waals surface area contributed by atoms with E-state index in [1.54, 1.807) is 0 Å². The van der Waals surface area contributed by atoms with Crippen molar-refractivity contribution in [3.05, 3.63) is 59.7 Å². The monoisotopic (exact) mass is 312 g/mol. The van der Waals surface area contributed by atoms with Gasteiger partial charge in [-0.25, -0.2) is 17.2 Å². The van der Waals surface area contributed by atoms with Crippen LogP contribution in [0.5, 0.6) is 0 Å².